The molecular weight excluding hydrogens is 292 g/mol. The standard InChI is InChI=1S/C18H18N2O3/c1-11-4-5-15(12(2)8-11)19-17(21)10-20-7-6-16-14(18(20)22)9-13(3)23-16/h4-9H,10H2,1-3H3,(H,19,21). The molecule has 3 rings (SSSR count). The lowest BCUT2D eigenvalue weighted by Gasteiger charge is -2.10. The molecule has 0 spiro atoms. The van der Waals surface area contributed by atoms with Crippen molar-refractivity contribution < 1.29 is 9.21 Å². The molecule has 0 aliphatic carbocycles. The molecule has 0 aliphatic rings. The Morgan fingerprint density at radius 1 is 1.17 bits per heavy atom. The molecule has 118 valence electrons. The van der Waals surface area contributed by atoms with Gasteiger partial charge >= 0.3 is 0 Å². The summed E-state index contributed by atoms with van der Waals surface area (Å²) in [5.74, 6) is 0.438. The molecule has 3 aromatic rings. The van der Waals surface area contributed by atoms with Gasteiger partial charge in [0.25, 0.3) is 5.56 Å². The monoisotopic (exact) mass is 310 g/mol. The van der Waals surface area contributed by atoms with Crippen LogP contribution in [0.2, 0.25) is 0 Å². The van der Waals surface area contributed by atoms with E-state index in [4.69, 9.17) is 4.42 Å². The maximum Gasteiger partial charge on any atom is 0.262 e. The predicted octanol–water partition coefficient (Wildman–Crippen LogP) is 3.16. The molecule has 0 radical (unpaired) electrons. The van der Waals surface area contributed by atoms with Gasteiger partial charge in [-0.3, -0.25) is 9.59 Å². The van der Waals surface area contributed by atoms with Gasteiger partial charge in [-0.15, -0.1) is 0 Å². The van der Waals surface area contributed by atoms with E-state index in [0.717, 1.165) is 16.8 Å². The lowest BCUT2D eigenvalue weighted by Crippen LogP contribution is -2.27. The molecule has 2 aromatic heterocycles. The van der Waals surface area contributed by atoms with E-state index in [1.165, 1.54) is 4.57 Å². The predicted molar refractivity (Wildman–Crippen MR) is 89.8 cm³/mol. The zero-order chi connectivity index (χ0) is 16.6. The third kappa shape index (κ3) is 3.04. The molecule has 1 N–H and O–H groups in total. The summed E-state index contributed by atoms with van der Waals surface area (Å²) >= 11 is 0. The van der Waals surface area contributed by atoms with Crippen LogP contribution in [0.25, 0.3) is 11.0 Å². The van der Waals surface area contributed by atoms with Crippen LogP contribution in [0.15, 0.2) is 45.7 Å². The number of amides is 1. The normalized spacial score (nSPS) is 10.9. The second-order valence-corrected chi connectivity index (χ2v) is 5.75. The number of fused-ring (bicyclic) bond motifs is 1. The van der Waals surface area contributed by atoms with Gasteiger partial charge in [-0.2, -0.15) is 0 Å². The maximum absolute atomic E-state index is 12.4. The first-order valence-electron chi connectivity index (χ1n) is 7.41. The molecule has 0 fully saturated rings. The Bertz CT molecular complexity index is 951. The minimum atomic E-state index is -0.237. The number of pyridine rings is 1. The van der Waals surface area contributed by atoms with Crippen LogP contribution in [0, 0.1) is 20.8 Å². The number of nitrogens with one attached hydrogen (secondary N) is 1. The van der Waals surface area contributed by atoms with Gasteiger partial charge in [0.1, 0.15) is 17.9 Å². The molecule has 2 heterocycles. The van der Waals surface area contributed by atoms with Crippen LogP contribution >= 0.6 is 0 Å². The van der Waals surface area contributed by atoms with Crippen LogP contribution in [-0.4, -0.2) is 10.5 Å². The number of hydrogen-bond acceptors (Lipinski definition) is 3. The average molecular weight is 310 g/mol. The third-order valence-electron chi connectivity index (χ3n) is 3.75. The van der Waals surface area contributed by atoms with E-state index in [1.54, 1.807) is 25.3 Å². The molecule has 0 saturated carbocycles. The van der Waals surface area contributed by atoms with Crippen molar-refractivity contribution in [3.05, 3.63) is 63.8 Å². The highest BCUT2D eigenvalue weighted by Gasteiger charge is 2.11. The highest BCUT2D eigenvalue weighted by atomic mass is 16.3. The molecule has 0 aliphatic heterocycles. The zero-order valence-corrected chi connectivity index (χ0v) is 13.3. The summed E-state index contributed by atoms with van der Waals surface area (Å²) in [7, 11) is 0. The van der Waals surface area contributed by atoms with Crippen molar-refractivity contribution in [3.8, 4) is 0 Å². The Kier molecular flexibility index (Phi) is 3.78. The van der Waals surface area contributed by atoms with E-state index in [-0.39, 0.29) is 18.0 Å². The Morgan fingerprint density at radius 2 is 1.96 bits per heavy atom. The molecule has 0 bridgehead atoms. The first-order chi connectivity index (χ1) is 10.9. The number of carbonyl (C=O) groups is 1. The van der Waals surface area contributed by atoms with Crippen LogP contribution in [0.3, 0.4) is 0 Å². The van der Waals surface area contributed by atoms with Crippen molar-refractivity contribution in [2.75, 3.05) is 5.32 Å². The molecule has 0 atom stereocenters. The summed E-state index contributed by atoms with van der Waals surface area (Å²) < 4.78 is 6.80. The first kappa shape index (κ1) is 15.1. The van der Waals surface area contributed by atoms with Crippen molar-refractivity contribution in [3.63, 3.8) is 0 Å². The summed E-state index contributed by atoms with van der Waals surface area (Å²) in [4.78, 5) is 24.6. The largest absolute Gasteiger partial charge is 0.461 e. The van der Waals surface area contributed by atoms with E-state index in [9.17, 15) is 9.59 Å². The quantitative estimate of drug-likeness (QED) is 0.808. The summed E-state index contributed by atoms with van der Waals surface area (Å²) in [6.45, 7) is 5.69. The highest BCUT2D eigenvalue weighted by molar-refractivity contribution is 5.91. The lowest BCUT2D eigenvalue weighted by atomic mass is 10.1. The van der Waals surface area contributed by atoms with Crippen molar-refractivity contribution in [2.45, 2.75) is 27.3 Å². The van der Waals surface area contributed by atoms with Crippen molar-refractivity contribution in [2.24, 2.45) is 0 Å². The zero-order valence-electron chi connectivity index (χ0n) is 13.3. The fourth-order valence-corrected chi connectivity index (χ4v) is 2.63. The third-order valence-corrected chi connectivity index (χ3v) is 3.75. The summed E-state index contributed by atoms with van der Waals surface area (Å²) in [6, 6.07) is 9.20. The molecule has 5 nitrogen and oxygen atoms in total. The lowest BCUT2D eigenvalue weighted by molar-refractivity contribution is -0.116. The number of anilines is 1. The van der Waals surface area contributed by atoms with E-state index >= 15 is 0 Å². The van der Waals surface area contributed by atoms with E-state index < -0.39 is 0 Å². The van der Waals surface area contributed by atoms with Crippen molar-refractivity contribution >= 4 is 22.6 Å². The molecule has 1 aromatic carbocycles. The molecular formula is C18H18N2O3. The number of aryl methyl sites for hydroxylation is 3. The van der Waals surface area contributed by atoms with Gasteiger partial charge < -0.3 is 14.3 Å². The Balaban J connectivity index is 1.82. The summed E-state index contributed by atoms with van der Waals surface area (Å²) in [5, 5.41) is 3.33. The highest BCUT2D eigenvalue weighted by Crippen LogP contribution is 2.16. The van der Waals surface area contributed by atoms with E-state index in [0.29, 0.717) is 16.7 Å². The van der Waals surface area contributed by atoms with Gasteiger partial charge in [0.2, 0.25) is 5.91 Å². The van der Waals surface area contributed by atoms with Crippen LogP contribution in [0.4, 0.5) is 5.69 Å². The van der Waals surface area contributed by atoms with Gasteiger partial charge in [-0.05, 0) is 44.5 Å². The van der Waals surface area contributed by atoms with E-state index in [2.05, 4.69) is 5.32 Å². The number of hydrogen-bond donors (Lipinski definition) is 1. The molecule has 1 amide bonds. The van der Waals surface area contributed by atoms with Gasteiger partial charge in [-0.1, -0.05) is 17.7 Å². The van der Waals surface area contributed by atoms with Gasteiger partial charge in [0.05, 0.1) is 5.39 Å². The topological polar surface area (TPSA) is 64.2 Å². The molecule has 0 unspecified atom stereocenters. The minimum absolute atomic E-state index is 0.0354. The number of nitrogens with zero attached hydrogens (tertiary/aromatic N) is 1. The second kappa shape index (κ2) is 5.76. The number of rotatable bonds is 3. The number of benzene rings is 1. The van der Waals surface area contributed by atoms with Gasteiger partial charge in [-0.25, -0.2) is 0 Å². The number of carbonyl (C=O) groups excluding carboxylic acids is 1. The van der Waals surface area contributed by atoms with Gasteiger partial charge in [0, 0.05) is 11.9 Å². The average Bonchev–Trinajstić information content (AvgIpc) is 2.87. The Hall–Kier alpha value is -2.82. The Morgan fingerprint density at radius 3 is 2.70 bits per heavy atom. The molecule has 23 heavy (non-hydrogen) atoms. The Labute approximate surface area is 133 Å². The molecule has 5 heteroatoms. The first-order valence-corrected chi connectivity index (χ1v) is 7.41. The second-order valence-electron chi connectivity index (χ2n) is 5.75. The number of aromatic nitrogens is 1. The smallest absolute Gasteiger partial charge is 0.262 e. The van der Waals surface area contributed by atoms with Crippen LogP contribution in [0.5, 0.6) is 0 Å². The van der Waals surface area contributed by atoms with Crippen molar-refractivity contribution in [1.82, 2.24) is 4.57 Å². The summed E-state index contributed by atoms with van der Waals surface area (Å²) in [6.07, 6.45) is 1.58. The fourth-order valence-electron chi connectivity index (χ4n) is 2.63. The fraction of sp³-hybridized carbons (Fsp3) is 0.222. The van der Waals surface area contributed by atoms with Crippen molar-refractivity contribution in [1.29, 1.82) is 0 Å². The van der Waals surface area contributed by atoms with Crippen LogP contribution in [-0.2, 0) is 11.3 Å². The van der Waals surface area contributed by atoms with Crippen LogP contribution < -0.4 is 10.9 Å². The van der Waals surface area contributed by atoms with Gasteiger partial charge in [0.15, 0.2) is 0 Å². The number of furan rings is 1. The summed E-state index contributed by atoms with van der Waals surface area (Å²) in [5.41, 5.74) is 3.20. The minimum Gasteiger partial charge on any atom is -0.461 e. The van der Waals surface area contributed by atoms with Crippen LogP contribution in [0.1, 0.15) is 16.9 Å². The van der Waals surface area contributed by atoms with E-state index in [1.807, 2.05) is 32.0 Å². The SMILES string of the molecule is Cc1ccc(NC(=O)Cn2ccc3oc(C)cc3c2=O)c(C)c1. The molecule has 0 saturated heterocycles. The maximum atomic E-state index is 12.4.